The summed E-state index contributed by atoms with van der Waals surface area (Å²) < 4.78 is 15.9. The quantitative estimate of drug-likeness (QED) is 0.396. The largest absolute Gasteiger partial charge is 0.507 e. The van der Waals surface area contributed by atoms with E-state index in [9.17, 15) is 14.7 Å². The lowest BCUT2D eigenvalue weighted by atomic mass is 9.94. The second kappa shape index (κ2) is 9.66. The van der Waals surface area contributed by atoms with Crippen molar-refractivity contribution >= 4 is 17.4 Å². The van der Waals surface area contributed by atoms with Gasteiger partial charge in [-0.25, -0.2) is 0 Å². The van der Waals surface area contributed by atoms with Crippen molar-refractivity contribution in [2.75, 3.05) is 34.0 Å². The lowest BCUT2D eigenvalue weighted by Gasteiger charge is -2.25. The molecule has 3 rings (SSSR count). The summed E-state index contributed by atoms with van der Waals surface area (Å²) in [6.07, 6.45) is 0. The molecule has 1 N–H and O–H groups in total. The Bertz CT molecular complexity index is 996. The van der Waals surface area contributed by atoms with Crippen molar-refractivity contribution in [2.24, 2.45) is 0 Å². The highest BCUT2D eigenvalue weighted by Crippen LogP contribution is 2.40. The van der Waals surface area contributed by atoms with Crippen LogP contribution in [0.25, 0.3) is 5.76 Å². The first-order valence-electron chi connectivity index (χ1n) is 10.1. The summed E-state index contributed by atoms with van der Waals surface area (Å²) in [6, 6.07) is 11.6. The zero-order chi connectivity index (χ0) is 22.5. The van der Waals surface area contributed by atoms with Crippen molar-refractivity contribution in [3.8, 4) is 11.5 Å². The Labute approximate surface area is 181 Å². The van der Waals surface area contributed by atoms with Crippen LogP contribution in [-0.2, 0) is 14.3 Å². The summed E-state index contributed by atoms with van der Waals surface area (Å²) in [5.74, 6) is -0.271. The maximum Gasteiger partial charge on any atom is 0.295 e. The zero-order valence-corrected chi connectivity index (χ0v) is 18.2. The van der Waals surface area contributed by atoms with Crippen LogP contribution in [0.15, 0.2) is 48.0 Å². The third-order valence-corrected chi connectivity index (χ3v) is 5.27. The van der Waals surface area contributed by atoms with E-state index in [-0.39, 0.29) is 24.5 Å². The number of hydrogen-bond acceptors (Lipinski definition) is 6. The molecule has 2 aromatic rings. The summed E-state index contributed by atoms with van der Waals surface area (Å²) in [5, 5.41) is 11.1. The topological polar surface area (TPSA) is 85.3 Å². The SMILES string of the molecule is CCOc1ccc([C@@H]2C(=C(O)c3ccc(OC)cc3C)C(=O)C(=O)N2CCOC)cc1. The molecule has 0 radical (unpaired) electrons. The molecule has 0 aromatic heterocycles. The maximum atomic E-state index is 13.0. The average molecular weight is 425 g/mol. The number of ketones is 1. The second-order valence-electron chi connectivity index (χ2n) is 7.17. The van der Waals surface area contributed by atoms with Gasteiger partial charge in [-0.05, 0) is 55.3 Å². The Morgan fingerprint density at radius 3 is 2.32 bits per heavy atom. The standard InChI is InChI=1S/C24H27NO6/c1-5-31-17-8-6-16(7-9-17)21-20(23(27)24(28)25(21)12-13-29-3)22(26)19-11-10-18(30-4)14-15(19)2/h6-11,14,21,26H,5,12-13H2,1-4H3/t21-/m1/s1. The predicted molar refractivity (Wildman–Crippen MR) is 116 cm³/mol. The molecule has 1 atom stereocenters. The Hall–Kier alpha value is -3.32. The van der Waals surface area contributed by atoms with Gasteiger partial charge < -0.3 is 24.2 Å². The van der Waals surface area contributed by atoms with E-state index in [1.165, 1.54) is 12.0 Å². The Morgan fingerprint density at radius 1 is 1.06 bits per heavy atom. The van der Waals surface area contributed by atoms with Crippen LogP contribution in [0.1, 0.15) is 29.7 Å². The number of benzene rings is 2. The molecule has 0 aliphatic carbocycles. The minimum Gasteiger partial charge on any atom is -0.507 e. The molecule has 1 amide bonds. The lowest BCUT2D eigenvalue weighted by Crippen LogP contribution is -2.32. The van der Waals surface area contributed by atoms with Crippen molar-refractivity contribution in [2.45, 2.75) is 19.9 Å². The van der Waals surface area contributed by atoms with Crippen molar-refractivity contribution in [1.29, 1.82) is 0 Å². The molecule has 0 unspecified atom stereocenters. The van der Waals surface area contributed by atoms with Crippen molar-refractivity contribution in [1.82, 2.24) is 4.90 Å². The molecule has 31 heavy (non-hydrogen) atoms. The number of aliphatic hydroxyl groups excluding tert-OH is 1. The minimum absolute atomic E-state index is 0.0542. The normalized spacial score (nSPS) is 17.8. The third kappa shape index (κ3) is 4.41. The van der Waals surface area contributed by atoms with Crippen LogP contribution in [0.2, 0.25) is 0 Å². The van der Waals surface area contributed by atoms with Crippen LogP contribution in [0.5, 0.6) is 11.5 Å². The molecule has 1 aliphatic heterocycles. The molecule has 0 spiro atoms. The van der Waals surface area contributed by atoms with Gasteiger partial charge in [0.15, 0.2) is 0 Å². The molecule has 164 valence electrons. The highest BCUT2D eigenvalue weighted by molar-refractivity contribution is 6.46. The fourth-order valence-corrected chi connectivity index (χ4v) is 3.73. The molecule has 7 nitrogen and oxygen atoms in total. The van der Waals surface area contributed by atoms with Crippen LogP contribution in [0, 0.1) is 6.92 Å². The summed E-state index contributed by atoms with van der Waals surface area (Å²) in [4.78, 5) is 27.2. The summed E-state index contributed by atoms with van der Waals surface area (Å²) in [7, 11) is 3.09. The number of aliphatic hydroxyl groups is 1. The molecular weight excluding hydrogens is 398 g/mol. The van der Waals surface area contributed by atoms with Gasteiger partial charge in [-0.1, -0.05) is 12.1 Å². The summed E-state index contributed by atoms with van der Waals surface area (Å²) >= 11 is 0. The Kier molecular flexibility index (Phi) is 6.97. The van der Waals surface area contributed by atoms with E-state index < -0.39 is 17.7 Å². The van der Waals surface area contributed by atoms with E-state index in [0.29, 0.717) is 29.2 Å². The smallest absolute Gasteiger partial charge is 0.295 e. The predicted octanol–water partition coefficient (Wildman–Crippen LogP) is 3.47. The third-order valence-electron chi connectivity index (χ3n) is 5.27. The van der Waals surface area contributed by atoms with Gasteiger partial charge in [-0.3, -0.25) is 9.59 Å². The van der Waals surface area contributed by atoms with E-state index >= 15 is 0 Å². The number of ether oxygens (including phenoxy) is 3. The van der Waals surface area contributed by atoms with Crippen molar-refractivity contribution < 1.29 is 28.9 Å². The van der Waals surface area contributed by atoms with Crippen LogP contribution < -0.4 is 9.47 Å². The van der Waals surface area contributed by atoms with Crippen LogP contribution in [0.4, 0.5) is 0 Å². The molecule has 1 saturated heterocycles. The van der Waals surface area contributed by atoms with Crippen LogP contribution >= 0.6 is 0 Å². The molecule has 1 heterocycles. The molecule has 0 saturated carbocycles. The highest BCUT2D eigenvalue weighted by atomic mass is 16.5. The zero-order valence-electron chi connectivity index (χ0n) is 18.2. The fraction of sp³-hybridized carbons (Fsp3) is 0.333. The number of amides is 1. The number of nitrogens with zero attached hydrogens (tertiary/aromatic N) is 1. The molecular formula is C24H27NO6. The number of carbonyl (C=O) groups is 2. The first-order chi connectivity index (χ1) is 14.9. The average Bonchev–Trinajstić information content (AvgIpc) is 3.02. The minimum atomic E-state index is -0.729. The lowest BCUT2D eigenvalue weighted by molar-refractivity contribution is -0.140. The van der Waals surface area contributed by atoms with E-state index in [0.717, 1.165) is 5.56 Å². The molecule has 1 aliphatic rings. The Morgan fingerprint density at radius 2 is 1.74 bits per heavy atom. The van der Waals surface area contributed by atoms with Gasteiger partial charge >= 0.3 is 0 Å². The van der Waals surface area contributed by atoms with Crippen molar-refractivity contribution in [3.63, 3.8) is 0 Å². The monoisotopic (exact) mass is 425 g/mol. The van der Waals surface area contributed by atoms with Gasteiger partial charge in [-0.15, -0.1) is 0 Å². The number of Topliss-reactive ketones (excluding diaryl/α,β-unsaturated/α-hetero) is 1. The van der Waals surface area contributed by atoms with Gasteiger partial charge in [0.2, 0.25) is 0 Å². The molecule has 0 bridgehead atoms. The van der Waals surface area contributed by atoms with E-state index in [1.807, 2.05) is 13.8 Å². The van der Waals surface area contributed by atoms with Gasteiger partial charge in [0.05, 0.1) is 31.9 Å². The number of likely N-dealkylation sites (tertiary alicyclic amines) is 1. The molecule has 2 aromatic carbocycles. The summed E-state index contributed by atoms with van der Waals surface area (Å²) in [5.41, 5.74) is 1.96. The van der Waals surface area contributed by atoms with E-state index in [4.69, 9.17) is 14.2 Å². The van der Waals surface area contributed by atoms with Gasteiger partial charge in [0, 0.05) is 19.2 Å². The van der Waals surface area contributed by atoms with Gasteiger partial charge in [0.25, 0.3) is 11.7 Å². The first kappa shape index (κ1) is 22.4. The van der Waals surface area contributed by atoms with Crippen molar-refractivity contribution in [3.05, 3.63) is 64.7 Å². The van der Waals surface area contributed by atoms with E-state index in [1.54, 1.807) is 49.6 Å². The van der Waals surface area contributed by atoms with Gasteiger partial charge in [-0.2, -0.15) is 0 Å². The second-order valence-corrected chi connectivity index (χ2v) is 7.17. The number of rotatable bonds is 8. The first-order valence-corrected chi connectivity index (χ1v) is 10.1. The highest BCUT2D eigenvalue weighted by Gasteiger charge is 2.46. The Balaban J connectivity index is 2.13. The molecule has 1 fully saturated rings. The van der Waals surface area contributed by atoms with Gasteiger partial charge in [0.1, 0.15) is 17.3 Å². The number of hydrogen-bond donors (Lipinski definition) is 1. The number of methoxy groups -OCH3 is 2. The number of aryl methyl sites for hydroxylation is 1. The number of carbonyl (C=O) groups excluding carboxylic acids is 2. The van der Waals surface area contributed by atoms with Crippen LogP contribution in [0.3, 0.4) is 0 Å². The summed E-state index contributed by atoms with van der Waals surface area (Å²) in [6.45, 7) is 4.72. The maximum absolute atomic E-state index is 13.0. The van der Waals surface area contributed by atoms with E-state index in [2.05, 4.69) is 0 Å². The molecule has 7 heteroatoms. The van der Waals surface area contributed by atoms with Crippen LogP contribution in [-0.4, -0.2) is 55.7 Å². The fourth-order valence-electron chi connectivity index (χ4n) is 3.73.